The summed E-state index contributed by atoms with van der Waals surface area (Å²) >= 11 is 0. The highest BCUT2D eigenvalue weighted by molar-refractivity contribution is 5.95. The second kappa shape index (κ2) is 6.73. The summed E-state index contributed by atoms with van der Waals surface area (Å²) in [4.78, 5) is 16.1. The molecule has 2 aromatic heterocycles. The van der Waals surface area contributed by atoms with Crippen molar-refractivity contribution >= 4 is 17.0 Å². The molecule has 0 aliphatic rings. The van der Waals surface area contributed by atoms with Crippen molar-refractivity contribution in [1.82, 2.24) is 19.3 Å². The zero-order chi connectivity index (χ0) is 19.8. The molecular formula is C20H18N4O4. The normalized spacial score (nSPS) is 11.0. The Morgan fingerprint density at radius 3 is 2.36 bits per heavy atom. The maximum Gasteiger partial charge on any atom is 0.343 e. The number of hydrogen-bond donors (Lipinski definition) is 1. The highest BCUT2D eigenvalue weighted by Gasteiger charge is 2.20. The van der Waals surface area contributed by atoms with Gasteiger partial charge in [-0.15, -0.1) is 0 Å². The van der Waals surface area contributed by atoms with Crippen LogP contribution in [0.2, 0.25) is 0 Å². The predicted octanol–water partition coefficient (Wildman–Crippen LogP) is 3.14. The molecule has 142 valence electrons. The van der Waals surface area contributed by atoms with Crippen molar-refractivity contribution in [2.45, 2.75) is 0 Å². The Labute approximate surface area is 160 Å². The third kappa shape index (κ3) is 2.84. The van der Waals surface area contributed by atoms with Gasteiger partial charge in [0.2, 0.25) is 0 Å². The fourth-order valence-corrected chi connectivity index (χ4v) is 3.22. The Morgan fingerprint density at radius 1 is 1.07 bits per heavy atom. The summed E-state index contributed by atoms with van der Waals surface area (Å²) < 4.78 is 14.2. The highest BCUT2D eigenvalue weighted by Crippen LogP contribution is 2.33. The van der Waals surface area contributed by atoms with Crippen LogP contribution in [0.25, 0.3) is 27.8 Å². The number of carboxylic acid groups (broad SMARTS) is 1. The average Bonchev–Trinajstić information content (AvgIpc) is 3.32. The number of aryl methyl sites for hydroxylation is 1. The van der Waals surface area contributed by atoms with E-state index >= 15 is 0 Å². The van der Waals surface area contributed by atoms with Crippen LogP contribution in [0.4, 0.5) is 0 Å². The fraction of sp³-hybridized carbons (Fsp3) is 0.150. The molecule has 0 saturated heterocycles. The molecule has 4 rings (SSSR count). The minimum absolute atomic E-state index is 0.0166. The van der Waals surface area contributed by atoms with E-state index in [-0.39, 0.29) is 17.1 Å². The molecule has 0 aliphatic heterocycles. The molecule has 1 N–H and O–H groups in total. The molecule has 0 bridgehead atoms. The predicted molar refractivity (Wildman–Crippen MR) is 103 cm³/mol. The Bertz CT molecular complexity index is 1170. The topological polar surface area (TPSA) is 91.4 Å². The van der Waals surface area contributed by atoms with Gasteiger partial charge in [0, 0.05) is 30.9 Å². The first-order chi connectivity index (χ1) is 13.5. The molecule has 0 amide bonds. The van der Waals surface area contributed by atoms with Crippen LogP contribution in [0.1, 0.15) is 10.4 Å². The van der Waals surface area contributed by atoms with Gasteiger partial charge >= 0.3 is 5.97 Å². The summed E-state index contributed by atoms with van der Waals surface area (Å²) in [7, 11) is 4.73. The van der Waals surface area contributed by atoms with Crippen LogP contribution in [0.3, 0.4) is 0 Å². The van der Waals surface area contributed by atoms with E-state index in [0.29, 0.717) is 5.69 Å². The Kier molecular flexibility index (Phi) is 4.23. The van der Waals surface area contributed by atoms with E-state index in [1.165, 1.54) is 14.2 Å². The number of methoxy groups -OCH3 is 2. The number of imidazole rings is 1. The summed E-state index contributed by atoms with van der Waals surface area (Å²) in [6.45, 7) is 0. The first-order valence-electron chi connectivity index (χ1n) is 8.47. The summed E-state index contributed by atoms with van der Waals surface area (Å²) in [5, 5.41) is 13.7. The molecule has 0 fully saturated rings. The van der Waals surface area contributed by atoms with Gasteiger partial charge in [-0.25, -0.2) is 9.78 Å². The van der Waals surface area contributed by atoms with Crippen LogP contribution in [0.15, 0.2) is 49.1 Å². The van der Waals surface area contributed by atoms with Gasteiger partial charge in [-0.2, -0.15) is 5.10 Å². The molecule has 0 unspecified atom stereocenters. The van der Waals surface area contributed by atoms with Gasteiger partial charge in [-0.3, -0.25) is 9.25 Å². The summed E-state index contributed by atoms with van der Waals surface area (Å²) in [5.41, 5.74) is 4.38. The number of aromatic carboxylic acids is 1. The van der Waals surface area contributed by atoms with Crippen molar-refractivity contribution in [3.8, 4) is 28.3 Å². The van der Waals surface area contributed by atoms with Crippen molar-refractivity contribution in [2.75, 3.05) is 14.2 Å². The number of aromatic nitrogens is 4. The van der Waals surface area contributed by atoms with Crippen molar-refractivity contribution in [3.05, 3.63) is 54.6 Å². The molecule has 28 heavy (non-hydrogen) atoms. The van der Waals surface area contributed by atoms with Gasteiger partial charge in [0.15, 0.2) is 0 Å². The summed E-state index contributed by atoms with van der Waals surface area (Å²) in [6.07, 6.45) is 5.43. The lowest BCUT2D eigenvalue weighted by molar-refractivity contribution is 0.0689. The van der Waals surface area contributed by atoms with E-state index in [4.69, 9.17) is 9.47 Å². The molecule has 0 spiro atoms. The molecule has 2 heterocycles. The number of carbonyl (C=O) groups is 1. The lowest BCUT2D eigenvalue weighted by Gasteiger charge is -2.13. The second-order valence-corrected chi connectivity index (χ2v) is 6.25. The van der Waals surface area contributed by atoms with Gasteiger partial charge < -0.3 is 14.6 Å². The van der Waals surface area contributed by atoms with Crippen molar-refractivity contribution in [1.29, 1.82) is 0 Å². The zero-order valence-corrected chi connectivity index (χ0v) is 15.6. The molecule has 0 atom stereocenters. The molecule has 0 radical (unpaired) electrons. The number of carboxylic acids is 1. The van der Waals surface area contributed by atoms with Gasteiger partial charge in [0.25, 0.3) is 0 Å². The molecule has 4 aromatic rings. The van der Waals surface area contributed by atoms with Crippen LogP contribution in [-0.4, -0.2) is 44.6 Å². The van der Waals surface area contributed by atoms with Gasteiger partial charge in [-0.1, -0.05) is 6.07 Å². The summed E-state index contributed by atoms with van der Waals surface area (Å²) in [5.74, 6) is -0.678. The van der Waals surface area contributed by atoms with Crippen molar-refractivity contribution in [2.24, 2.45) is 7.05 Å². The summed E-state index contributed by atoms with van der Waals surface area (Å²) in [6, 6.07) is 9.26. The van der Waals surface area contributed by atoms with Crippen LogP contribution < -0.4 is 9.47 Å². The first-order valence-corrected chi connectivity index (χ1v) is 8.47. The van der Waals surface area contributed by atoms with Crippen LogP contribution >= 0.6 is 0 Å². The lowest BCUT2D eigenvalue weighted by Crippen LogP contribution is -2.05. The highest BCUT2D eigenvalue weighted by atomic mass is 16.5. The quantitative estimate of drug-likeness (QED) is 0.574. The molecule has 0 saturated carbocycles. The number of benzene rings is 2. The molecular weight excluding hydrogens is 360 g/mol. The SMILES string of the molecule is COc1cc(-n2cnc3cc(-c4cnn(C)c4)ccc32)cc(OC)c1C(=O)O. The zero-order valence-electron chi connectivity index (χ0n) is 15.6. The van der Waals surface area contributed by atoms with E-state index in [1.54, 1.807) is 29.3 Å². The average molecular weight is 378 g/mol. The molecule has 0 aliphatic carbocycles. The van der Waals surface area contributed by atoms with E-state index in [9.17, 15) is 9.90 Å². The van der Waals surface area contributed by atoms with Crippen molar-refractivity contribution < 1.29 is 19.4 Å². The first kappa shape index (κ1) is 17.6. The number of hydrogen-bond acceptors (Lipinski definition) is 5. The van der Waals surface area contributed by atoms with Gasteiger partial charge in [0.05, 0.1) is 37.1 Å². The number of fused-ring (bicyclic) bond motifs is 1. The van der Waals surface area contributed by atoms with E-state index in [2.05, 4.69) is 10.1 Å². The third-order valence-electron chi connectivity index (χ3n) is 4.57. The third-order valence-corrected chi connectivity index (χ3v) is 4.57. The second-order valence-electron chi connectivity index (χ2n) is 6.25. The maximum atomic E-state index is 11.6. The fourth-order valence-electron chi connectivity index (χ4n) is 3.22. The largest absolute Gasteiger partial charge is 0.496 e. The standard InChI is InChI=1S/C20H18N4O4/c1-23-10-13(9-22-23)12-4-5-16-15(6-12)21-11-24(16)14-7-17(27-2)19(20(25)26)18(8-14)28-3/h4-11H,1-3H3,(H,25,26). The molecule has 8 heteroatoms. The van der Waals surface area contributed by atoms with Crippen molar-refractivity contribution in [3.63, 3.8) is 0 Å². The van der Waals surface area contributed by atoms with Crippen LogP contribution in [0, 0.1) is 0 Å². The number of nitrogens with zero attached hydrogens (tertiary/aromatic N) is 4. The Balaban J connectivity index is 1.84. The minimum atomic E-state index is -1.11. The van der Waals surface area contributed by atoms with Crippen LogP contribution in [-0.2, 0) is 7.05 Å². The number of rotatable bonds is 5. The van der Waals surface area contributed by atoms with E-state index in [1.807, 2.05) is 36.0 Å². The number of ether oxygens (including phenoxy) is 2. The van der Waals surface area contributed by atoms with Gasteiger partial charge in [-0.05, 0) is 17.7 Å². The lowest BCUT2D eigenvalue weighted by atomic mass is 10.1. The smallest absolute Gasteiger partial charge is 0.343 e. The van der Waals surface area contributed by atoms with Gasteiger partial charge in [0.1, 0.15) is 23.4 Å². The van der Waals surface area contributed by atoms with E-state index < -0.39 is 5.97 Å². The minimum Gasteiger partial charge on any atom is -0.496 e. The maximum absolute atomic E-state index is 11.6. The Hall–Kier alpha value is -3.81. The Morgan fingerprint density at radius 2 is 1.79 bits per heavy atom. The van der Waals surface area contributed by atoms with E-state index in [0.717, 1.165) is 22.2 Å². The van der Waals surface area contributed by atoms with Crippen LogP contribution in [0.5, 0.6) is 11.5 Å². The monoisotopic (exact) mass is 378 g/mol. The molecule has 8 nitrogen and oxygen atoms in total. The molecule has 2 aromatic carbocycles.